The van der Waals surface area contributed by atoms with Gasteiger partial charge in [0.25, 0.3) is 0 Å². The minimum Gasteiger partial charge on any atom is -0.465 e. The molecule has 2 aliphatic carbocycles. The number of carbonyl (C=O) groups is 4. The van der Waals surface area contributed by atoms with E-state index >= 15 is 0 Å². The van der Waals surface area contributed by atoms with Crippen molar-refractivity contribution < 1.29 is 29.0 Å². The number of carboxylic acid groups (broad SMARTS) is 1. The molecular formula is C44H50N8O6. The van der Waals surface area contributed by atoms with Crippen LogP contribution in [0.4, 0.5) is 9.59 Å². The quantitative estimate of drug-likeness (QED) is 0.137. The highest BCUT2D eigenvalue weighted by Crippen LogP contribution is 2.54. The van der Waals surface area contributed by atoms with Gasteiger partial charge in [-0.05, 0) is 84.7 Å². The molecule has 4 fully saturated rings. The fraction of sp³-hybridized carbons (Fsp3) is 0.455. The van der Waals surface area contributed by atoms with E-state index < -0.39 is 24.3 Å². The number of aromatic amines is 2. The number of nitrogens with zero attached hydrogens (tertiary/aromatic N) is 5. The van der Waals surface area contributed by atoms with Crippen LogP contribution in [-0.2, 0) is 14.3 Å². The number of H-pyrrole nitrogens is 2. The van der Waals surface area contributed by atoms with Gasteiger partial charge < -0.3 is 34.9 Å². The Hall–Kier alpha value is -6.10. The number of piperidine rings is 2. The van der Waals surface area contributed by atoms with Crippen molar-refractivity contribution in [3.8, 4) is 34.4 Å². The number of alkyl carbamates (subject to hydrolysis) is 1. The Kier molecular flexibility index (Phi) is 10.3. The number of nitrogens with one attached hydrogen (secondary N) is 3. The van der Waals surface area contributed by atoms with Crippen LogP contribution in [0.5, 0.6) is 0 Å². The first-order chi connectivity index (χ1) is 27.8. The van der Waals surface area contributed by atoms with Gasteiger partial charge in [0.2, 0.25) is 11.8 Å². The summed E-state index contributed by atoms with van der Waals surface area (Å²) >= 11 is 0. The molecule has 8 rings (SSSR count). The van der Waals surface area contributed by atoms with Crippen molar-refractivity contribution >= 4 is 24.0 Å². The van der Waals surface area contributed by atoms with Gasteiger partial charge in [0.15, 0.2) is 0 Å². The highest BCUT2D eigenvalue weighted by atomic mass is 16.5. The maximum absolute atomic E-state index is 13.8. The maximum atomic E-state index is 13.8. The minimum absolute atomic E-state index is 0.102. The predicted molar refractivity (Wildman–Crippen MR) is 215 cm³/mol. The van der Waals surface area contributed by atoms with Crippen LogP contribution >= 0.6 is 0 Å². The summed E-state index contributed by atoms with van der Waals surface area (Å²) in [6, 6.07) is 14.3. The van der Waals surface area contributed by atoms with Gasteiger partial charge in [0.05, 0.1) is 43.0 Å². The van der Waals surface area contributed by atoms with Crippen LogP contribution in [0.3, 0.4) is 0 Å². The van der Waals surface area contributed by atoms with E-state index in [2.05, 4.69) is 32.1 Å². The molecule has 2 aromatic heterocycles. The molecule has 4 heterocycles. The van der Waals surface area contributed by atoms with E-state index in [1.807, 2.05) is 86.0 Å². The molecule has 0 bridgehead atoms. The average Bonchev–Trinajstić information content (AvgIpc) is 3.79. The zero-order valence-electron chi connectivity index (χ0n) is 33.6. The normalized spacial score (nSPS) is 23.7. The summed E-state index contributed by atoms with van der Waals surface area (Å²) in [5.41, 5.74) is 5.30. The number of ether oxygens (including phenoxy) is 1. The molecule has 4 aliphatic rings. The lowest BCUT2D eigenvalue weighted by molar-refractivity contribution is -0.140. The van der Waals surface area contributed by atoms with Crippen molar-refractivity contribution in [1.29, 1.82) is 0 Å². The van der Waals surface area contributed by atoms with Gasteiger partial charge in [-0.2, -0.15) is 0 Å². The Labute approximate surface area is 337 Å². The molecule has 4 amide bonds. The van der Waals surface area contributed by atoms with Gasteiger partial charge in [-0.3, -0.25) is 14.5 Å². The number of rotatable bonds is 10. The molecule has 2 saturated heterocycles. The van der Waals surface area contributed by atoms with Crippen molar-refractivity contribution in [3.05, 3.63) is 83.7 Å². The van der Waals surface area contributed by atoms with E-state index in [1.165, 1.54) is 14.2 Å². The monoisotopic (exact) mass is 786 g/mol. The van der Waals surface area contributed by atoms with E-state index in [0.717, 1.165) is 70.0 Å². The number of amides is 4. The molecule has 8 atom stereocenters. The molecule has 302 valence electrons. The highest BCUT2D eigenvalue weighted by molar-refractivity contribution is 5.88. The number of hydrogen-bond donors (Lipinski definition) is 4. The van der Waals surface area contributed by atoms with E-state index in [4.69, 9.17) is 9.72 Å². The van der Waals surface area contributed by atoms with Crippen molar-refractivity contribution in [2.24, 2.45) is 23.7 Å². The molecule has 4 aromatic rings. The molecule has 0 radical (unpaired) electrons. The first kappa shape index (κ1) is 38.8. The Morgan fingerprint density at radius 1 is 0.759 bits per heavy atom. The molecule has 2 saturated carbocycles. The predicted octanol–water partition coefficient (Wildman–Crippen LogP) is 6.21. The number of methoxy groups -OCH3 is 1. The lowest BCUT2D eigenvalue weighted by atomic mass is 10.0. The maximum Gasteiger partial charge on any atom is 0.407 e. The molecule has 4 N–H and O–H groups in total. The number of hydrogen-bond acceptors (Lipinski definition) is 7. The Bertz CT molecular complexity index is 2270. The van der Waals surface area contributed by atoms with Crippen LogP contribution in [0.2, 0.25) is 0 Å². The summed E-state index contributed by atoms with van der Waals surface area (Å²) < 4.78 is 4.78. The SMILES string of the molecule is COC(=O)N[C@H](C(=O)N1[C@H](c2ncc(-c3ccc(C#Cc4ccc(-c5cnc([C@@H]6C[C@@H]7C[C@@H]7N6C(=O)[C@H](C(C)C)N(C)C(=O)O)[nH]5)cc4)cc3)[nH]2)C[C@H]2C[C@@H]21)C(C)C. The van der Waals surface area contributed by atoms with Crippen LogP contribution in [-0.4, -0.2) is 102 Å². The van der Waals surface area contributed by atoms with Crippen LogP contribution in [0.1, 0.15) is 88.2 Å². The number of fused-ring (bicyclic) bond motifs is 2. The van der Waals surface area contributed by atoms with Crippen molar-refractivity contribution in [1.82, 2.24) is 40.0 Å². The van der Waals surface area contributed by atoms with Crippen LogP contribution in [0, 0.1) is 35.5 Å². The number of benzene rings is 2. The summed E-state index contributed by atoms with van der Waals surface area (Å²) in [4.78, 5) is 72.5. The summed E-state index contributed by atoms with van der Waals surface area (Å²) in [6.07, 6.45) is 5.41. The second-order valence-corrected chi connectivity index (χ2v) is 16.8. The first-order valence-electron chi connectivity index (χ1n) is 20.1. The lowest BCUT2D eigenvalue weighted by Gasteiger charge is -2.35. The van der Waals surface area contributed by atoms with Crippen LogP contribution < -0.4 is 5.32 Å². The van der Waals surface area contributed by atoms with Gasteiger partial charge in [-0.1, -0.05) is 63.8 Å². The molecule has 0 unspecified atom stereocenters. The topological polar surface area (TPSA) is 177 Å². The molecule has 14 nitrogen and oxygen atoms in total. The second-order valence-electron chi connectivity index (χ2n) is 16.8. The highest BCUT2D eigenvalue weighted by Gasteiger charge is 2.57. The fourth-order valence-corrected chi connectivity index (χ4v) is 8.98. The number of likely N-dealkylation sites (tertiary alicyclic amines) is 2. The van der Waals surface area contributed by atoms with Crippen LogP contribution in [0.25, 0.3) is 22.5 Å². The molecule has 0 spiro atoms. The van der Waals surface area contributed by atoms with Crippen molar-refractivity contribution in [2.45, 2.75) is 89.6 Å². The third kappa shape index (κ3) is 7.41. The summed E-state index contributed by atoms with van der Waals surface area (Å²) in [6.45, 7) is 7.58. The zero-order chi connectivity index (χ0) is 41.0. The standard InChI is InChI=1S/C44H50N8O6/c1-23(2)37(49-43(55)58-6)41(53)51-33-17-29(33)19-35(51)39-45-21-31(47-39)27-13-9-25(10-14-27)7-8-26-11-15-28(16-12-26)32-22-46-40(48-32)36-20-30-18-34(30)52(36)42(54)38(24(3)4)50(5)44(56)57/h9-16,21-24,29-30,33-38H,17-20H2,1-6H3,(H,45,47)(H,46,48)(H,49,55)(H,56,57)/t29-,30+,33+,34+,35+,36+,37+,38+/m1/s1. The second kappa shape index (κ2) is 15.3. The average molecular weight is 787 g/mol. The lowest BCUT2D eigenvalue weighted by Crippen LogP contribution is -2.52. The Balaban J connectivity index is 0.908. The van der Waals surface area contributed by atoms with Crippen molar-refractivity contribution in [3.63, 3.8) is 0 Å². The van der Waals surface area contributed by atoms with E-state index in [0.29, 0.717) is 17.7 Å². The number of imidazole rings is 2. The summed E-state index contributed by atoms with van der Waals surface area (Å²) in [7, 11) is 2.76. The Morgan fingerprint density at radius 2 is 1.22 bits per heavy atom. The van der Waals surface area contributed by atoms with Crippen LogP contribution in [0.15, 0.2) is 60.9 Å². The number of likely N-dealkylation sites (N-methyl/N-ethyl adjacent to an activating group) is 1. The summed E-state index contributed by atoms with van der Waals surface area (Å²) in [5.74, 6) is 8.28. The van der Waals surface area contributed by atoms with Gasteiger partial charge >= 0.3 is 12.2 Å². The van der Waals surface area contributed by atoms with E-state index in [1.54, 1.807) is 12.4 Å². The minimum atomic E-state index is -1.12. The Morgan fingerprint density at radius 3 is 1.64 bits per heavy atom. The summed E-state index contributed by atoms with van der Waals surface area (Å²) in [5, 5.41) is 12.4. The smallest absolute Gasteiger partial charge is 0.407 e. The van der Waals surface area contributed by atoms with Crippen molar-refractivity contribution in [2.75, 3.05) is 14.2 Å². The molecule has 2 aliphatic heterocycles. The van der Waals surface area contributed by atoms with E-state index in [-0.39, 0.29) is 47.8 Å². The molecular weight excluding hydrogens is 737 g/mol. The van der Waals surface area contributed by atoms with Gasteiger partial charge in [-0.15, -0.1) is 0 Å². The molecule has 14 heteroatoms. The van der Waals surface area contributed by atoms with Gasteiger partial charge in [0.1, 0.15) is 23.7 Å². The fourth-order valence-electron chi connectivity index (χ4n) is 8.98. The first-order valence-corrected chi connectivity index (χ1v) is 20.1. The zero-order valence-corrected chi connectivity index (χ0v) is 33.6. The van der Waals surface area contributed by atoms with Gasteiger partial charge in [0, 0.05) is 30.3 Å². The third-order valence-electron chi connectivity index (χ3n) is 12.3. The molecule has 58 heavy (non-hydrogen) atoms. The number of aromatic nitrogens is 4. The van der Waals surface area contributed by atoms with E-state index in [9.17, 15) is 24.3 Å². The number of carbonyl (C=O) groups excluding carboxylic acids is 3. The third-order valence-corrected chi connectivity index (χ3v) is 12.3. The molecule has 2 aromatic carbocycles. The van der Waals surface area contributed by atoms with Gasteiger partial charge in [-0.25, -0.2) is 19.6 Å². The largest absolute Gasteiger partial charge is 0.465 e.